The predicted octanol–water partition coefficient (Wildman–Crippen LogP) is 0.535. The van der Waals surface area contributed by atoms with Crippen molar-refractivity contribution in [3.8, 4) is 0 Å². The van der Waals surface area contributed by atoms with Crippen molar-refractivity contribution in [2.24, 2.45) is 0 Å². The number of hydrogen-bond donors (Lipinski definition) is 2. The van der Waals surface area contributed by atoms with Gasteiger partial charge in [-0.05, 0) is 31.7 Å². The van der Waals surface area contributed by atoms with E-state index in [9.17, 15) is 12.8 Å². The summed E-state index contributed by atoms with van der Waals surface area (Å²) in [4.78, 5) is -0.144. The van der Waals surface area contributed by atoms with Crippen LogP contribution in [-0.4, -0.2) is 20.6 Å². The number of aliphatic hydroxyl groups excluding tert-OH is 1. The minimum Gasteiger partial charge on any atom is -0.392 e. The lowest BCUT2D eigenvalue weighted by Crippen LogP contribution is -2.20. The Morgan fingerprint density at radius 3 is 2.53 bits per heavy atom. The van der Waals surface area contributed by atoms with Crippen LogP contribution in [0.3, 0.4) is 0 Å². The molecule has 84 valence electrons. The first-order chi connectivity index (χ1) is 6.92. The standard InChI is InChI=1S/C9H12FNO3S/c1-6-8(10)3-7(5-12)4-9(6)15(13,14)11-2/h3-4,11-12H,5H2,1-2H3. The summed E-state index contributed by atoms with van der Waals surface area (Å²) in [5.74, 6) is -0.643. The average molecular weight is 233 g/mol. The lowest BCUT2D eigenvalue weighted by molar-refractivity contribution is 0.281. The molecule has 0 aliphatic heterocycles. The molecule has 0 unspecified atom stereocenters. The Hall–Kier alpha value is -0.980. The van der Waals surface area contributed by atoms with E-state index in [1.54, 1.807) is 0 Å². The summed E-state index contributed by atoms with van der Waals surface area (Å²) in [6.07, 6.45) is 0. The minimum atomic E-state index is -3.69. The van der Waals surface area contributed by atoms with Crippen LogP contribution >= 0.6 is 0 Å². The fourth-order valence-electron chi connectivity index (χ4n) is 1.19. The number of nitrogens with one attached hydrogen (secondary N) is 1. The zero-order valence-electron chi connectivity index (χ0n) is 8.41. The monoisotopic (exact) mass is 233 g/mol. The van der Waals surface area contributed by atoms with Crippen LogP contribution in [0.25, 0.3) is 0 Å². The zero-order chi connectivity index (χ0) is 11.6. The Balaban J connectivity index is 3.48. The molecule has 0 aliphatic rings. The van der Waals surface area contributed by atoms with E-state index in [0.717, 1.165) is 6.07 Å². The number of aliphatic hydroxyl groups is 1. The lowest BCUT2D eigenvalue weighted by atomic mass is 10.1. The maximum absolute atomic E-state index is 13.3. The third kappa shape index (κ3) is 2.34. The van der Waals surface area contributed by atoms with Crippen molar-refractivity contribution >= 4 is 10.0 Å². The average Bonchev–Trinajstić information content (AvgIpc) is 2.21. The van der Waals surface area contributed by atoms with E-state index in [2.05, 4.69) is 4.72 Å². The molecule has 1 rings (SSSR count). The predicted molar refractivity (Wildman–Crippen MR) is 53.3 cm³/mol. The maximum atomic E-state index is 13.3. The highest BCUT2D eigenvalue weighted by atomic mass is 32.2. The van der Waals surface area contributed by atoms with E-state index >= 15 is 0 Å². The van der Waals surface area contributed by atoms with E-state index < -0.39 is 22.4 Å². The first-order valence-corrected chi connectivity index (χ1v) is 5.74. The van der Waals surface area contributed by atoms with Gasteiger partial charge in [0.1, 0.15) is 5.82 Å². The highest BCUT2D eigenvalue weighted by Gasteiger charge is 2.18. The van der Waals surface area contributed by atoms with Gasteiger partial charge in [-0.2, -0.15) is 0 Å². The summed E-state index contributed by atoms with van der Waals surface area (Å²) in [5, 5.41) is 8.83. The molecular formula is C9H12FNO3S. The van der Waals surface area contributed by atoms with Crippen LogP contribution in [0.1, 0.15) is 11.1 Å². The van der Waals surface area contributed by atoms with Crippen molar-refractivity contribution in [1.29, 1.82) is 0 Å². The maximum Gasteiger partial charge on any atom is 0.240 e. The number of hydrogen-bond acceptors (Lipinski definition) is 3. The van der Waals surface area contributed by atoms with Crippen molar-refractivity contribution in [2.75, 3.05) is 7.05 Å². The fraction of sp³-hybridized carbons (Fsp3) is 0.333. The minimum absolute atomic E-state index is 0.0431. The van der Waals surface area contributed by atoms with Gasteiger partial charge in [-0.15, -0.1) is 0 Å². The zero-order valence-corrected chi connectivity index (χ0v) is 9.23. The molecule has 0 radical (unpaired) electrons. The number of halogens is 1. The molecule has 0 heterocycles. The van der Waals surface area contributed by atoms with E-state index in [-0.39, 0.29) is 16.0 Å². The molecule has 0 aromatic heterocycles. The molecule has 0 spiro atoms. The van der Waals surface area contributed by atoms with Crippen molar-refractivity contribution < 1.29 is 17.9 Å². The van der Waals surface area contributed by atoms with Gasteiger partial charge in [0, 0.05) is 5.56 Å². The third-order valence-electron chi connectivity index (χ3n) is 2.10. The van der Waals surface area contributed by atoms with Crippen LogP contribution in [0.2, 0.25) is 0 Å². The summed E-state index contributed by atoms with van der Waals surface area (Å²) in [7, 11) is -2.44. The van der Waals surface area contributed by atoms with E-state index in [1.165, 1.54) is 20.0 Å². The second kappa shape index (κ2) is 4.26. The van der Waals surface area contributed by atoms with Crippen molar-refractivity contribution in [3.05, 3.63) is 29.1 Å². The largest absolute Gasteiger partial charge is 0.392 e. The Morgan fingerprint density at radius 1 is 1.47 bits per heavy atom. The molecule has 0 atom stereocenters. The molecule has 4 nitrogen and oxygen atoms in total. The van der Waals surface area contributed by atoms with Gasteiger partial charge in [-0.3, -0.25) is 0 Å². The number of benzene rings is 1. The van der Waals surface area contributed by atoms with Gasteiger partial charge in [-0.1, -0.05) is 0 Å². The van der Waals surface area contributed by atoms with Gasteiger partial charge in [0.2, 0.25) is 10.0 Å². The summed E-state index contributed by atoms with van der Waals surface area (Å²) in [6, 6.07) is 2.37. The molecule has 0 saturated carbocycles. The lowest BCUT2D eigenvalue weighted by Gasteiger charge is -2.09. The number of rotatable bonds is 3. The van der Waals surface area contributed by atoms with Gasteiger partial charge in [0.05, 0.1) is 11.5 Å². The molecule has 6 heteroatoms. The van der Waals surface area contributed by atoms with Gasteiger partial charge >= 0.3 is 0 Å². The molecule has 1 aromatic carbocycles. The summed E-state index contributed by atoms with van der Waals surface area (Å²) >= 11 is 0. The van der Waals surface area contributed by atoms with Crippen molar-refractivity contribution in [2.45, 2.75) is 18.4 Å². The topological polar surface area (TPSA) is 66.4 Å². The molecular weight excluding hydrogens is 221 g/mol. The Kier molecular flexibility index (Phi) is 3.43. The van der Waals surface area contributed by atoms with Crippen LogP contribution in [0.5, 0.6) is 0 Å². The Bertz CT molecular complexity index is 470. The Morgan fingerprint density at radius 2 is 2.07 bits per heavy atom. The van der Waals surface area contributed by atoms with Crippen LogP contribution in [0, 0.1) is 12.7 Å². The van der Waals surface area contributed by atoms with Gasteiger partial charge in [0.15, 0.2) is 0 Å². The molecule has 0 aliphatic carbocycles. The molecule has 1 aromatic rings. The van der Waals surface area contributed by atoms with Gasteiger partial charge in [-0.25, -0.2) is 17.5 Å². The van der Waals surface area contributed by atoms with Gasteiger partial charge < -0.3 is 5.11 Å². The molecule has 0 amide bonds. The summed E-state index contributed by atoms with van der Waals surface area (Å²) in [6.45, 7) is 0.976. The Labute approximate surface area is 87.8 Å². The molecule has 0 bridgehead atoms. The van der Waals surface area contributed by atoms with Crippen LogP contribution in [0.15, 0.2) is 17.0 Å². The smallest absolute Gasteiger partial charge is 0.240 e. The van der Waals surface area contributed by atoms with Crippen molar-refractivity contribution in [3.63, 3.8) is 0 Å². The molecule has 2 N–H and O–H groups in total. The first kappa shape index (κ1) is 12.1. The van der Waals surface area contributed by atoms with E-state index in [4.69, 9.17) is 5.11 Å². The highest BCUT2D eigenvalue weighted by molar-refractivity contribution is 7.89. The van der Waals surface area contributed by atoms with Crippen LogP contribution < -0.4 is 4.72 Å². The first-order valence-electron chi connectivity index (χ1n) is 4.26. The van der Waals surface area contributed by atoms with E-state index in [1.807, 2.05) is 0 Å². The van der Waals surface area contributed by atoms with Crippen molar-refractivity contribution in [1.82, 2.24) is 4.72 Å². The molecule has 0 fully saturated rings. The SMILES string of the molecule is CNS(=O)(=O)c1cc(CO)cc(F)c1C. The second-order valence-electron chi connectivity index (χ2n) is 3.07. The molecule has 15 heavy (non-hydrogen) atoms. The van der Waals surface area contributed by atoms with Crippen LogP contribution in [0.4, 0.5) is 4.39 Å². The van der Waals surface area contributed by atoms with E-state index in [0.29, 0.717) is 0 Å². The normalized spacial score (nSPS) is 11.7. The third-order valence-corrected chi connectivity index (χ3v) is 3.64. The summed E-state index contributed by atoms with van der Waals surface area (Å²) in [5.41, 5.74) is 0.272. The van der Waals surface area contributed by atoms with Crippen LogP contribution in [-0.2, 0) is 16.6 Å². The van der Waals surface area contributed by atoms with Gasteiger partial charge in [0.25, 0.3) is 0 Å². The number of sulfonamides is 1. The fourth-order valence-corrected chi connectivity index (χ4v) is 2.21. The molecule has 0 saturated heterocycles. The quantitative estimate of drug-likeness (QED) is 0.800. The second-order valence-corrected chi connectivity index (χ2v) is 4.92. The summed E-state index contributed by atoms with van der Waals surface area (Å²) < 4.78 is 38.4. The highest BCUT2D eigenvalue weighted by Crippen LogP contribution is 2.20.